The van der Waals surface area contributed by atoms with Gasteiger partial charge >= 0.3 is 0 Å². The smallest absolute Gasteiger partial charge is 0.239 e. The maximum absolute atomic E-state index is 11.6. The molecule has 0 aromatic carbocycles. The van der Waals surface area contributed by atoms with Crippen molar-refractivity contribution in [2.24, 2.45) is 5.73 Å². The average molecular weight is 202 g/mol. The van der Waals surface area contributed by atoms with Crippen molar-refractivity contribution in [3.05, 3.63) is 0 Å². The quantitative estimate of drug-likeness (QED) is 0.651. The molecule has 5 heteroatoms. The fraction of sp³-hybridized carbons (Fsp3) is 0.889. The van der Waals surface area contributed by atoms with Crippen molar-refractivity contribution in [1.82, 2.24) is 4.90 Å². The van der Waals surface area contributed by atoms with Crippen LogP contribution in [0.25, 0.3) is 0 Å². The molecule has 0 aliphatic carbocycles. The topological polar surface area (TPSA) is 64.8 Å². The summed E-state index contributed by atoms with van der Waals surface area (Å²) >= 11 is 0. The summed E-state index contributed by atoms with van der Waals surface area (Å²) in [5.74, 6) is -0.0494. The third kappa shape index (κ3) is 2.23. The van der Waals surface area contributed by atoms with Crippen molar-refractivity contribution < 1.29 is 14.3 Å². The number of rotatable bonds is 3. The molecule has 1 fully saturated rings. The molecule has 0 aromatic rings. The molecule has 1 aliphatic heterocycles. The van der Waals surface area contributed by atoms with Crippen LogP contribution >= 0.6 is 0 Å². The molecule has 0 saturated carbocycles. The molecule has 0 aromatic heterocycles. The van der Waals surface area contributed by atoms with Crippen LogP contribution in [0.3, 0.4) is 0 Å². The predicted octanol–water partition coefficient (Wildman–Crippen LogP) is -0.794. The van der Waals surface area contributed by atoms with Gasteiger partial charge in [-0.1, -0.05) is 0 Å². The Bertz CT molecular complexity index is 196. The fourth-order valence-electron chi connectivity index (χ4n) is 1.66. The van der Waals surface area contributed by atoms with Gasteiger partial charge < -0.3 is 20.1 Å². The van der Waals surface area contributed by atoms with Gasteiger partial charge in [-0.05, 0) is 6.92 Å². The summed E-state index contributed by atoms with van der Waals surface area (Å²) in [7, 11) is 3.24. The Kier molecular flexibility index (Phi) is 3.86. The average Bonchev–Trinajstić information content (AvgIpc) is 2.59. The Morgan fingerprint density at radius 2 is 1.79 bits per heavy atom. The number of amides is 1. The van der Waals surface area contributed by atoms with Crippen LogP contribution in [0.2, 0.25) is 0 Å². The minimum atomic E-state index is -0.455. The van der Waals surface area contributed by atoms with Crippen molar-refractivity contribution in [1.29, 1.82) is 0 Å². The SMILES string of the molecule is CO[C@@H]1CN(C(=O)[C@@H](C)N)C[C@H]1OC. The minimum absolute atomic E-state index is 0.0392. The van der Waals surface area contributed by atoms with E-state index in [0.29, 0.717) is 13.1 Å². The number of carbonyl (C=O) groups excluding carboxylic acids is 1. The van der Waals surface area contributed by atoms with Crippen molar-refractivity contribution >= 4 is 5.91 Å². The fourth-order valence-corrected chi connectivity index (χ4v) is 1.66. The van der Waals surface area contributed by atoms with Crippen molar-refractivity contribution in [3.8, 4) is 0 Å². The van der Waals surface area contributed by atoms with Gasteiger partial charge in [-0.15, -0.1) is 0 Å². The van der Waals surface area contributed by atoms with E-state index in [1.54, 1.807) is 26.0 Å². The molecule has 1 aliphatic rings. The monoisotopic (exact) mass is 202 g/mol. The summed E-state index contributed by atoms with van der Waals surface area (Å²) in [5.41, 5.74) is 5.52. The van der Waals surface area contributed by atoms with Crippen molar-refractivity contribution in [2.75, 3.05) is 27.3 Å². The zero-order valence-corrected chi connectivity index (χ0v) is 8.90. The van der Waals surface area contributed by atoms with E-state index in [2.05, 4.69) is 0 Å². The number of methoxy groups -OCH3 is 2. The van der Waals surface area contributed by atoms with Gasteiger partial charge in [0.15, 0.2) is 0 Å². The Hall–Kier alpha value is -0.650. The van der Waals surface area contributed by atoms with Crippen LogP contribution in [0.4, 0.5) is 0 Å². The first-order valence-corrected chi connectivity index (χ1v) is 4.70. The van der Waals surface area contributed by atoms with E-state index in [0.717, 1.165) is 0 Å². The van der Waals surface area contributed by atoms with E-state index >= 15 is 0 Å². The number of ether oxygens (including phenoxy) is 2. The predicted molar refractivity (Wildman–Crippen MR) is 51.8 cm³/mol. The number of hydrogen-bond acceptors (Lipinski definition) is 4. The van der Waals surface area contributed by atoms with E-state index in [9.17, 15) is 4.79 Å². The van der Waals surface area contributed by atoms with Gasteiger partial charge in [0, 0.05) is 27.3 Å². The lowest BCUT2D eigenvalue weighted by Crippen LogP contribution is -2.41. The summed E-state index contributed by atoms with van der Waals surface area (Å²) in [4.78, 5) is 13.2. The second kappa shape index (κ2) is 4.72. The Morgan fingerprint density at radius 3 is 2.07 bits per heavy atom. The van der Waals surface area contributed by atoms with Crippen LogP contribution in [-0.2, 0) is 14.3 Å². The first-order valence-electron chi connectivity index (χ1n) is 4.70. The molecule has 1 rings (SSSR count). The molecule has 0 unspecified atom stereocenters. The molecule has 0 radical (unpaired) electrons. The molecule has 1 amide bonds. The van der Waals surface area contributed by atoms with Crippen LogP contribution < -0.4 is 5.73 Å². The third-order valence-electron chi connectivity index (χ3n) is 2.52. The van der Waals surface area contributed by atoms with Crippen LogP contribution in [0, 0.1) is 0 Å². The number of likely N-dealkylation sites (tertiary alicyclic amines) is 1. The zero-order chi connectivity index (χ0) is 10.7. The van der Waals surface area contributed by atoms with Gasteiger partial charge in [-0.3, -0.25) is 4.79 Å². The lowest BCUT2D eigenvalue weighted by molar-refractivity contribution is -0.131. The maximum Gasteiger partial charge on any atom is 0.239 e. The second-order valence-corrected chi connectivity index (χ2v) is 3.58. The van der Waals surface area contributed by atoms with Crippen LogP contribution in [0.15, 0.2) is 0 Å². The largest absolute Gasteiger partial charge is 0.377 e. The summed E-state index contributed by atoms with van der Waals surface area (Å²) in [6, 6.07) is -0.455. The summed E-state index contributed by atoms with van der Waals surface area (Å²) < 4.78 is 10.4. The highest BCUT2D eigenvalue weighted by molar-refractivity contribution is 5.81. The summed E-state index contributed by atoms with van der Waals surface area (Å²) in [5, 5.41) is 0. The summed E-state index contributed by atoms with van der Waals surface area (Å²) in [6.45, 7) is 2.81. The number of nitrogens with two attached hydrogens (primary N) is 1. The molecular formula is C9H18N2O3. The molecule has 14 heavy (non-hydrogen) atoms. The van der Waals surface area contributed by atoms with Gasteiger partial charge in [0.1, 0.15) is 12.2 Å². The zero-order valence-electron chi connectivity index (χ0n) is 8.90. The van der Waals surface area contributed by atoms with E-state index in [1.165, 1.54) is 0 Å². The molecule has 5 nitrogen and oxygen atoms in total. The highest BCUT2D eigenvalue weighted by Crippen LogP contribution is 2.16. The standard InChI is InChI=1S/C9H18N2O3/c1-6(10)9(12)11-4-7(13-2)8(5-11)14-3/h6-8H,4-5,10H2,1-3H3/t6-,7-,8-/m1/s1. The van der Waals surface area contributed by atoms with E-state index in [-0.39, 0.29) is 18.1 Å². The van der Waals surface area contributed by atoms with Crippen LogP contribution in [0.5, 0.6) is 0 Å². The summed E-state index contributed by atoms with van der Waals surface area (Å²) in [6.07, 6.45) is -0.0783. The Morgan fingerprint density at radius 1 is 1.36 bits per heavy atom. The lowest BCUT2D eigenvalue weighted by Gasteiger charge is -2.17. The number of carbonyl (C=O) groups is 1. The molecule has 0 spiro atoms. The molecule has 3 atom stereocenters. The molecule has 1 saturated heterocycles. The van der Waals surface area contributed by atoms with Crippen LogP contribution in [0.1, 0.15) is 6.92 Å². The van der Waals surface area contributed by atoms with E-state index < -0.39 is 6.04 Å². The third-order valence-corrected chi connectivity index (χ3v) is 2.52. The molecule has 0 bridgehead atoms. The van der Waals surface area contributed by atoms with Crippen LogP contribution in [-0.4, -0.2) is 56.4 Å². The Balaban J connectivity index is 2.57. The molecular weight excluding hydrogens is 184 g/mol. The maximum atomic E-state index is 11.6. The molecule has 1 heterocycles. The van der Waals surface area contributed by atoms with Gasteiger partial charge in [0.05, 0.1) is 6.04 Å². The van der Waals surface area contributed by atoms with Crippen molar-refractivity contribution in [2.45, 2.75) is 25.2 Å². The van der Waals surface area contributed by atoms with Gasteiger partial charge in [-0.2, -0.15) is 0 Å². The van der Waals surface area contributed by atoms with Gasteiger partial charge in [0.25, 0.3) is 0 Å². The minimum Gasteiger partial charge on any atom is -0.377 e. The lowest BCUT2D eigenvalue weighted by atomic mass is 10.3. The van der Waals surface area contributed by atoms with Crippen molar-refractivity contribution in [3.63, 3.8) is 0 Å². The van der Waals surface area contributed by atoms with Gasteiger partial charge in [0.2, 0.25) is 5.91 Å². The second-order valence-electron chi connectivity index (χ2n) is 3.58. The normalized spacial score (nSPS) is 29.3. The highest BCUT2D eigenvalue weighted by Gasteiger charge is 2.36. The highest BCUT2D eigenvalue weighted by atomic mass is 16.5. The van der Waals surface area contributed by atoms with Gasteiger partial charge in [-0.25, -0.2) is 0 Å². The number of hydrogen-bond donors (Lipinski definition) is 1. The molecule has 82 valence electrons. The number of nitrogens with zero attached hydrogens (tertiary/aromatic N) is 1. The van der Waals surface area contributed by atoms with E-state index in [4.69, 9.17) is 15.2 Å². The molecule has 2 N–H and O–H groups in total. The first-order chi connectivity index (χ1) is 6.60. The Labute approximate surface area is 84.1 Å². The first kappa shape index (κ1) is 11.4. The van der Waals surface area contributed by atoms with E-state index in [1.807, 2.05) is 0 Å².